The number of benzene rings is 2. The van der Waals surface area contributed by atoms with Crippen LogP contribution in [-0.2, 0) is 17.9 Å². The highest BCUT2D eigenvalue weighted by Crippen LogP contribution is 2.22. The number of ether oxygens (including phenoxy) is 1. The molecule has 3 aromatic rings. The van der Waals surface area contributed by atoms with Gasteiger partial charge in [-0.3, -0.25) is 9.59 Å². The number of carbonyl (C=O) groups is 2. The third-order valence-corrected chi connectivity index (χ3v) is 4.87. The molecule has 2 amide bonds. The molecule has 0 radical (unpaired) electrons. The quantitative estimate of drug-likeness (QED) is 0.550. The predicted molar refractivity (Wildman–Crippen MR) is 116 cm³/mol. The number of halogens is 2. The summed E-state index contributed by atoms with van der Waals surface area (Å²) in [5, 5.41) is 5.91. The van der Waals surface area contributed by atoms with Crippen molar-refractivity contribution in [2.45, 2.75) is 13.2 Å². The normalized spacial score (nSPS) is 10.3. The Bertz CT molecular complexity index is 1030. The van der Waals surface area contributed by atoms with Crippen molar-refractivity contribution in [1.29, 1.82) is 0 Å². The standard InChI is InChI=1S/C22H19Cl2N3O3/c23-18-9-8-16(11-19(18)24)21(29)27-13-20(28)26-12-17-7-4-10-25-22(17)30-14-15-5-2-1-3-6-15/h1-11H,12-14H2,(H,26,28)(H,27,29). The van der Waals surface area contributed by atoms with Gasteiger partial charge >= 0.3 is 0 Å². The van der Waals surface area contributed by atoms with Crippen LogP contribution in [0.15, 0.2) is 66.9 Å². The Morgan fingerprint density at radius 2 is 1.73 bits per heavy atom. The fourth-order valence-electron chi connectivity index (χ4n) is 2.57. The number of hydrogen-bond acceptors (Lipinski definition) is 4. The summed E-state index contributed by atoms with van der Waals surface area (Å²) in [5.74, 6) is -0.320. The van der Waals surface area contributed by atoms with Crippen molar-refractivity contribution in [1.82, 2.24) is 15.6 Å². The Labute approximate surface area is 184 Å². The van der Waals surface area contributed by atoms with Crippen LogP contribution in [0.2, 0.25) is 10.0 Å². The number of pyridine rings is 1. The van der Waals surface area contributed by atoms with Crippen molar-refractivity contribution in [3.63, 3.8) is 0 Å². The van der Waals surface area contributed by atoms with Crippen molar-refractivity contribution in [3.8, 4) is 5.88 Å². The zero-order chi connectivity index (χ0) is 21.3. The number of carbonyl (C=O) groups excluding carboxylic acids is 2. The number of nitrogens with one attached hydrogen (secondary N) is 2. The smallest absolute Gasteiger partial charge is 0.251 e. The first-order valence-electron chi connectivity index (χ1n) is 9.13. The summed E-state index contributed by atoms with van der Waals surface area (Å²) >= 11 is 11.7. The molecule has 0 spiro atoms. The van der Waals surface area contributed by atoms with Gasteiger partial charge in [0.15, 0.2) is 0 Å². The molecule has 0 bridgehead atoms. The molecule has 30 heavy (non-hydrogen) atoms. The number of hydrogen-bond donors (Lipinski definition) is 2. The zero-order valence-corrected chi connectivity index (χ0v) is 17.4. The van der Waals surface area contributed by atoms with E-state index in [9.17, 15) is 9.59 Å². The minimum absolute atomic E-state index is 0.181. The summed E-state index contributed by atoms with van der Waals surface area (Å²) in [4.78, 5) is 28.5. The van der Waals surface area contributed by atoms with Crippen LogP contribution in [0.5, 0.6) is 5.88 Å². The second-order valence-corrected chi connectivity index (χ2v) is 7.14. The van der Waals surface area contributed by atoms with Crippen molar-refractivity contribution in [2.75, 3.05) is 6.54 Å². The summed E-state index contributed by atoms with van der Waals surface area (Å²) in [5.41, 5.74) is 2.07. The van der Waals surface area contributed by atoms with E-state index < -0.39 is 5.91 Å². The van der Waals surface area contributed by atoms with Gasteiger partial charge in [-0.05, 0) is 29.8 Å². The van der Waals surface area contributed by atoms with Crippen LogP contribution < -0.4 is 15.4 Å². The van der Waals surface area contributed by atoms with Gasteiger partial charge in [-0.2, -0.15) is 0 Å². The lowest BCUT2D eigenvalue weighted by Gasteiger charge is -2.11. The Balaban J connectivity index is 1.49. The summed E-state index contributed by atoms with van der Waals surface area (Å²) in [6, 6.07) is 17.8. The second-order valence-electron chi connectivity index (χ2n) is 6.33. The van der Waals surface area contributed by atoms with E-state index in [2.05, 4.69) is 15.6 Å². The fraction of sp³-hybridized carbons (Fsp3) is 0.136. The van der Waals surface area contributed by atoms with Crippen LogP contribution in [0.3, 0.4) is 0 Å². The number of amides is 2. The van der Waals surface area contributed by atoms with Crippen LogP contribution >= 0.6 is 23.2 Å². The lowest BCUT2D eigenvalue weighted by molar-refractivity contribution is -0.120. The first-order valence-corrected chi connectivity index (χ1v) is 9.89. The van der Waals surface area contributed by atoms with E-state index in [0.717, 1.165) is 11.1 Å². The molecule has 0 unspecified atom stereocenters. The third-order valence-electron chi connectivity index (χ3n) is 4.14. The molecule has 6 nitrogen and oxygen atoms in total. The van der Waals surface area contributed by atoms with Crippen LogP contribution in [0, 0.1) is 0 Å². The zero-order valence-electron chi connectivity index (χ0n) is 15.9. The highest BCUT2D eigenvalue weighted by Gasteiger charge is 2.11. The van der Waals surface area contributed by atoms with E-state index in [1.54, 1.807) is 12.3 Å². The number of nitrogens with zero attached hydrogens (tertiary/aromatic N) is 1. The van der Waals surface area contributed by atoms with E-state index in [0.29, 0.717) is 23.1 Å². The van der Waals surface area contributed by atoms with Gasteiger partial charge in [0.25, 0.3) is 5.91 Å². The molecule has 3 rings (SSSR count). The monoisotopic (exact) mass is 443 g/mol. The van der Waals surface area contributed by atoms with Gasteiger partial charge in [0.05, 0.1) is 16.6 Å². The topological polar surface area (TPSA) is 80.3 Å². The molecule has 0 saturated heterocycles. The summed E-state index contributed by atoms with van der Waals surface area (Å²) in [7, 11) is 0. The van der Waals surface area contributed by atoms with Gasteiger partial charge < -0.3 is 15.4 Å². The SMILES string of the molecule is O=C(CNC(=O)c1ccc(Cl)c(Cl)c1)NCc1cccnc1OCc1ccccc1. The Morgan fingerprint density at radius 3 is 2.50 bits per heavy atom. The van der Waals surface area contributed by atoms with E-state index in [4.69, 9.17) is 27.9 Å². The van der Waals surface area contributed by atoms with Gasteiger partial charge in [0.1, 0.15) is 6.61 Å². The molecular formula is C22H19Cl2N3O3. The van der Waals surface area contributed by atoms with Crippen molar-refractivity contribution in [3.05, 3.63) is 93.6 Å². The van der Waals surface area contributed by atoms with Gasteiger partial charge in [-0.15, -0.1) is 0 Å². The van der Waals surface area contributed by atoms with Crippen molar-refractivity contribution in [2.24, 2.45) is 0 Å². The summed E-state index contributed by atoms with van der Waals surface area (Å²) in [6.07, 6.45) is 1.63. The maximum absolute atomic E-state index is 12.1. The molecule has 1 aromatic heterocycles. The molecule has 0 fully saturated rings. The minimum atomic E-state index is -0.419. The van der Waals surface area contributed by atoms with Crippen LogP contribution in [0.1, 0.15) is 21.5 Å². The van der Waals surface area contributed by atoms with E-state index in [1.807, 2.05) is 36.4 Å². The molecule has 0 saturated carbocycles. The number of aromatic nitrogens is 1. The van der Waals surface area contributed by atoms with Crippen LogP contribution in [-0.4, -0.2) is 23.3 Å². The molecule has 0 aliphatic rings. The lowest BCUT2D eigenvalue weighted by atomic mass is 10.2. The van der Waals surface area contributed by atoms with E-state index >= 15 is 0 Å². The Morgan fingerprint density at radius 1 is 0.933 bits per heavy atom. The molecule has 2 aromatic carbocycles. The highest BCUT2D eigenvalue weighted by atomic mass is 35.5. The highest BCUT2D eigenvalue weighted by molar-refractivity contribution is 6.42. The molecule has 0 aliphatic heterocycles. The number of rotatable bonds is 8. The molecule has 0 atom stereocenters. The maximum atomic E-state index is 12.1. The van der Waals surface area contributed by atoms with E-state index in [1.165, 1.54) is 18.2 Å². The molecule has 0 aliphatic carbocycles. The summed E-state index contributed by atoms with van der Waals surface area (Å²) < 4.78 is 5.78. The van der Waals surface area contributed by atoms with Crippen molar-refractivity contribution >= 4 is 35.0 Å². The fourth-order valence-corrected chi connectivity index (χ4v) is 2.87. The molecule has 8 heteroatoms. The van der Waals surface area contributed by atoms with Crippen LogP contribution in [0.4, 0.5) is 0 Å². The first-order chi connectivity index (χ1) is 14.5. The van der Waals surface area contributed by atoms with Gasteiger partial charge in [0.2, 0.25) is 11.8 Å². The maximum Gasteiger partial charge on any atom is 0.251 e. The molecule has 1 heterocycles. The van der Waals surface area contributed by atoms with Gasteiger partial charge in [-0.1, -0.05) is 59.6 Å². The van der Waals surface area contributed by atoms with Crippen molar-refractivity contribution < 1.29 is 14.3 Å². The molecule has 154 valence electrons. The van der Waals surface area contributed by atoms with Gasteiger partial charge in [-0.25, -0.2) is 4.98 Å². The van der Waals surface area contributed by atoms with E-state index in [-0.39, 0.29) is 24.0 Å². The average molecular weight is 444 g/mol. The van der Waals surface area contributed by atoms with Crippen LogP contribution in [0.25, 0.3) is 0 Å². The average Bonchev–Trinajstić information content (AvgIpc) is 2.77. The van der Waals surface area contributed by atoms with Gasteiger partial charge in [0, 0.05) is 23.9 Å². The predicted octanol–water partition coefficient (Wildman–Crippen LogP) is 4.01. The second kappa shape index (κ2) is 10.6. The largest absolute Gasteiger partial charge is 0.473 e. The molecular weight excluding hydrogens is 425 g/mol. The Kier molecular flexibility index (Phi) is 7.65. The Hall–Kier alpha value is -3.09. The summed E-state index contributed by atoms with van der Waals surface area (Å²) in [6.45, 7) is 0.414. The lowest BCUT2D eigenvalue weighted by Crippen LogP contribution is -2.36. The third kappa shape index (κ3) is 6.20. The molecule has 2 N–H and O–H groups in total. The first kappa shape index (κ1) is 21.6. The minimum Gasteiger partial charge on any atom is -0.473 e.